The van der Waals surface area contributed by atoms with E-state index < -0.39 is 0 Å². The summed E-state index contributed by atoms with van der Waals surface area (Å²) >= 11 is 0. The molecule has 0 amide bonds. The van der Waals surface area contributed by atoms with E-state index >= 15 is 0 Å². The molecule has 0 saturated heterocycles. The van der Waals surface area contributed by atoms with Gasteiger partial charge in [0, 0.05) is 0 Å². The number of hydrogen-bond donors (Lipinski definition) is 1. The summed E-state index contributed by atoms with van der Waals surface area (Å²) in [7, 11) is 1.50. The van der Waals surface area contributed by atoms with E-state index in [4.69, 9.17) is 0 Å². The van der Waals surface area contributed by atoms with Crippen molar-refractivity contribution in [2.75, 3.05) is 7.05 Å². The zero-order valence-electron chi connectivity index (χ0n) is 9.68. The molecule has 0 aromatic rings. The van der Waals surface area contributed by atoms with Gasteiger partial charge < -0.3 is 5.73 Å². The molecule has 13 heavy (non-hydrogen) atoms. The molecule has 1 aliphatic rings. The lowest BCUT2D eigenvalue weighted by Crippen LogP contribution is -2.18. The molecule has 2 unspecified atom stereocenters. The van der Waals surface area contributed by atoms with Crippen LogP contribution in [0.4, 0.5) is 0 Å². The van der Waals surface area contributed by atoms with Crippen molar-refractivity contribution in [2.24, 2.45) is 17.6 Å². The molecule has 0 aromatic heterocycles. The third-order valence-corrected chi connectivity index (χ3v) is 3.25. The fourth-order valence-corrected chi connectivity index (χ4v) is 2.57. The van der Waals surface area contributed by atoms with Crippen LogP contribution in [0.5, 0.6) is 0 Å². The van der Waals surface area contributed by atoms with E-state index in [1.165, 1.54) is 52.0 Å². The van der Waals surface area contributed by atoms with Gasteiger partial charge in [0.25, 0.3) is 0 Å². The highest BCUT2D eigenvalue weighted by Gasteiger charge is 2.22. The lowest BCUT2D eigenvalue weighted by atomic mass is 9.76. The second-order valence-corrected chi connectivity index (χ2v) is 4.00. The van der Waals surface area contributed by atoms with Gasteiger partial charge >= 0.3 is 0 Å². The van der Waals surface area contributed by atoms with Crippen LogP contribution < -0.4 is 5.73 Å². The van der Waals surface area contributed by atoms with Gasteiger partial charge in [-0.3, -0.25) is 0 Å². The van der Waals surface area contributed by atoms with Crippen molar-refractivity contribution < 1.29 is 0 Å². The van der Waals surface area contributed by atoms with Crippen molar-refractivity contribution in [1.29, 1.82) is 0 Å². The van der Waals surface area contributed by atoms with Gasteiger partial charge in [-0.05, 0) is 18.9 Å². The van der Waals surface area contributed by atoms with Gasteiger partial charge in [-0.2, -0.15) is 0 Å². The van der Waals surface area contributed by atoms with E-state index in [9.17, 15) is 0 Å². The zero-order chi connectivity index (χ0) is 10.1. The van der Waals surface area contributed by atoms with Gasteiger partial charge in [-0.15, -0.1) is 0 Å². The maximum absolute atomic E-state index is 4.50. The van der Waals surface area contributed by atoms with Crippen molar-refractivity contribution in [1.82, 2.24) is 0 Å². The summed E-state index contributed by atoms with van der Waals surface area (Å²) < 4.78 is 0. The van der Waals surface area contributed by atoms with Crippen LogP contribution in [0.15, 0.2) is 0 Å². The smallest absolute Gasteiger partial charge is 0.0195 e. The minimum Gasteiger partial charge on any atom is -0.333 e. The van der Waals surface area contributed by atoms with E-state index in [0.29, 0.717) is 0 Å². The van der Waals surface area contributed by atoms with Gasteiger partial charge in [0.2, 0.25) is 0 Å². The van der Waals surface area contributed by atoms with E-state index in [1.54, 1.807) is 0 Å². The average Bonchev–Trinajstić information content (AvgIpc) is 2.22. The number of nitrogens with two attached hydrogens (primary N) is 1. The molecule has 0 aromatic carbocycles. The van der Waals surface area contributed by atoms with Crippen LogP contribution in [-0.4, -0.2) is 7.05 Å². The molecule has 1 aliphatic carbocycles. The first-order valence-corrected chi connectivity index (χ1v) is 5.96. The van der Waals surface area contributed by atoms with Crippen molar-refractivity contribution in [3.8, 4) is 0 Å². The van der Waals surface area contributed by atoms with Crippen LogP contribution in [0.2, 0.25) is 0 Å². The Morgan fingerprint density at radius 1 is 1.00 bits per heavy atom. The minimum atomic E-state index is 1.07. The Kier molecular flexibility index (Phi) is 8.53. The second kappa shape index (κ2) is 8.55. The molecule has 1 heteroatoms. The molecule has 0 radical (unpaired) electrons. The first-order valence-electron chi connectivity index (χ1n) is 5.96. The molecular weight excluding hydrogens is 158 g/mol. The molecule has 0 spiro atoms. The molecule has 2 atom stereocenters. The molecule has 1 saturated carbocycles. The quantitative estimate of drug-likeness (QED) is 0.714. The summed E-state index contributed by atoms with van der Waals surface area (Å²) in [4.78, 5) is 0. The number of rotatable bonds is 3. The average molecular weight is 185 g/mol. The van der Waals surface area contributed by atoms with Gasteiger partial charge in [0.15, 0.2) is 0 Å². The molecule has 0 aliphatic heterocycles. The Bertz CT molecular complexity index is 99.3. The summed E-state index contributed by atoms with van der Waals surface area (Å²) in [6.45, 7) is 4.68. The normalized spacial score (nSPS) is 27.7. The van der Waals surface area contributed by atoms with E-state index in [2.05, 4.69) is 19.6 Å². The maximum Gasteiger partial charge on any atom is -0.0195 e. The Morgan fingerprint density at radius 2 is 1.54 bits per heavy atom. The number of hydrogen-bond acceptors (Lipinski definition) is 1. The van der Waals surface area contributed by atoms with Crippen LogP contribution in [-0.2, 0) is 0 Å². The Balaban J connectivity index is 0.000000671. The third-order valence-electron chi connectivity index (χ3n) is 3.25. The van der Waals surface area contributed by atoms with E-state index in [-0.39, 0.29) is 0 Å². The lowest BCUT2D eigenvalue weighted by molar-refractivity contribution is 0.216. The first-order chi connectivity index (χ1) is 6.38. The van der Waals surface area contributed by atoms with E-state index in [1.807, 2.05) is 0 Å². The van der Waals surface area contributed by atoms with Crippen molar-refractivity contribution in [3.63, 3.8) is 0 Å². The van der Waals surface area contributed by atoms with Gasteiger partial charge in [-0.25, -0.2) is 0 Å². The molecule has 1 fully saturated rings. The topological polar surface area (TPSA) is 26.0 Å². The Morgan fingerprint density at radius 3 is 2.00 bits per heavy atom. The highest BCUT2D eigenvalue weighted by atomic mass is 14.4. The van der Waals surface area contributed by atoms with Crippen molar-refractivity contribution >= 4 is 0 Å². The second-order valence-electron chi connectivity index (χ2n) is 4.00. The third kappa shape index (κ3) is 4.66. The standard InChI is InChI=1S/C11H22.CH5N/c1-3-7-11-9-6-5-8-10(11)4-2;1-2/h10-11H,3-9H2,1-2H3;2H2,1H3. The van der Waals surface area contributed by atoms with Crippen molar-refractivity contribution in [2.45, 2.75) is 58.8 Å². The van der Waals surface area contributed by atoms with Crippen molar-refractivity contribution in [3.05, 3.63) is 0 Å². The largest absolute Gasteiger partial charge is 0.333 e. The molecule has 80 valence electrons. The summed E-state index contributed by atoms with van der Waals surface area (Å²) in [6, 6.07) is 0. The predicted molar refractivity (Wildman–Crippen MR) is 60.8 cm³/mol. The predicted octanol–water partition coefficient (Wildman–Crippen LogP) is 3.58. The maximum atomic E-state index is 4.50. The summed E-state index contributed by atoms with van der Waals surface area (Å²) in [5.41, 5.74) is 4.50. The monoisotopic (exact) mass is 185 g/mol. The first kappa shape index (κ1) is 13.0. The van der Waals surface area contributed by atoms with E-state index in [0.717, 1.165) is 11.8 Å². The molecule has 0 heterocycles. The summed E-state index contributed by atoms with van der Waals surface area (Å²) in [6.07, 6.45) is 10.3. The fourth-order valence-electron chi connectivity index (χ4n) is 2.57. The van der Waals surface area contributed by atoms with Crippen LogP contribution in [0.1, 0.15) is 58.8 Å². The Labute approximate surface area is 84.1 Å². The van der Waals surface area contributed by atoms with Crippen LogP contribution in [0, 0.1) is 11.8 Å². The molecule has 2 N–H and O–H groups in total. The van der Waals surface area contributed by atoms with Gasteiger partial charge in [0.05, 0.1) is 0 Å². The zero-order valence-corrected chi connectivity index (χ0v) is 9.68. The summed E-state index contributed by atoms with van der Waals surface area (Å²) in [5, 5.41) is 0. The highest BCUT2D eigenvalue weighted by molar-refractivity contribution is 4.73. The lowest BCUT2D eigenvalue weighted by Gasteiger charge is -2.30. The van der Waals surface area contributed by atoms with Gasteiger partial charge in [0.1, 0.15) is 0 Å². The van der Waals surface area contributed by atoms with Gasteiger partial charge in [-0.1, -0.05) is 58.8 Å². The van der Waals surface area contributed by atoms with Crippen LogP contribution in [0.3, 0.4) is 0 Å². The highest BCUT2D eigenvalue weighted by Crippen LogP contribution is 2.34. The molecule has 1 nitrogen and oxygen atoms in total. The fraction of sp³-hybridized carbons (Fsp3) is 1.00. The molecule has 0 bridgehead atoms. The van der Waals surface area contributed by atoms with Crippen LogP contribution in [0.25, 0.3) is 0 Å². The Hall–Kier alpha value is -0.0400. The SMILES string of the molecule is CCCC1CCCCC1CC.CN. The minimum absolute atomic E-state index is 1.07. The molecular formula is C12H27N. The summed E-state index contributed by atoms with van der Waals surface area (Å²) in [5.74, 6) is 2.16. The van der Waals surface area contributed by atoms with Crippen LogP contribution >= 0.6 is 0 Å². The molecule has 1 rings (SSSR count).